The predicted molar refractivity (Wildman–Crippen MR) is 107 cm³/mol. The number of phenols is 1. The van der Waals surface area contributed by atoms with Gasteiger partial charge in [-0.25, -0.2) is 4.39 Å². The SMILES string of the molecule is COc1cc([C@@H]2Nc3ccccc3C(=O)N2c2ccc(F)cc2)cc(OC)c1O. The van der Waals surface area contributed by atoms with Gasteiger partial charge in [0, 0.05) is 16.9 Å². The zero-order chi connectivity index (χ0) is 20.5. The first-order valence-corrected chi connectivity index (χ1v) is 8.93. The summed E-state index contributed by atoms with van der Waals surface area (Å²) in [4.78, 5) is 14.9. The number of aromatic hydroxyl groups is 1. The van der Waals surface area contributed by atoms with E-state index in [4.69, 9.17) is 9.47 Å². The summed E-state index contributed by atoms with van der Waals surface area (Å²) in [5.74, 6) is -0.328. The topological polar surface area (TPSA) is 71.0 Å². The van der Waals surface area contributed by atoms with E-state index in [1.54, 1.807) is 36.4 Å². The van der Waals surface area contributed by atoms with Crippen molar-refractivity contribution in [3.8, 4) is 17.2 Å². The van der Waals surface area contributed by atoms with Gasteiger partial charge >= 0.3 is 0 Å². The molecule has 0 spiro atoms. The molecule has 29 heavy (non-hydrogen) atoms. The number of phenolic OH excluding ortho intramolecular Hbond substituents is 1. The molecule has 0 unspecified atom stereocenters. The van der Waals surface area contributed by atoms with Crippen LogP contribution in [-0.4, -0.2) is 25.2 Å². The monoisotopic (exact) mass is 394 g/mol. The largest absolute Gasteiger partial charge is 0.502 e. The Morgan fingerprint density at radius 3 is 2.24 bits per heavy atom. The maximum Gasteiger partial charge on any atom is 0.262 e. The van der Waals surface area contributed by atoms with Gasteiger partial charge in [0.15, 0.2) is 11.5 Å². The molecule has 1 atom stereocenters. The minimum absolute atomic E-state index is 0.130. The molecule has 0 radical (unpaired) electrons. The van der Waals surface area contributed by atoms with Crippen molar-refractivity contribution < 1.29 is 23.8 Å². The third-order valence-corrected chi connectivity index (χ3v) is 4.85. The van der Waals surface area contributed by atoms with Gasteiger partial charge in [-0.1, -0.05) is 12.1 Å². The molecule has 0 bridgehead atoms. The second kappa shape index (κ2) is 7.35. The van der Waals surface area contributed by atoms with Crippen LogP contribution in [0.4, 0.5) is 15.8 Å². The van der Waals surface area contributed by atoms with Gasteiger partial charge in [-0.15, -0.1) is 0 Å². The molecule has 6 nitrogen and oxygen atoms in total. The lowest BCUT2D eigenvalue weighted by molar-refractivity contribution is 0.0974. The number of benzene rings is 3. The quantitative estimate of drug-likeness (QED) is 0.690. The number of carbonyl (C=O) groups is 1. The number of hydrogen-bond acceptors (Lipinski definition) is 5. The van der Waals surface area contributed by atoms with Crippen molar-refractivity contribution in [1.29, 1.82) is 0 Å². The highest BCUT2D eigenvalue weighted by Crippen LogP contribution is 2.43. The highest BCUT2D eigenvalue weighted by atomic mass is 19.1. The molecule has 2 N–H and O–H groups in total. The summed E-state index contributed by atoms with van der Waals surface area (Å²) in [5, 5.41) is 13.6. The molecule has 1 amide bonds. The van der Waals surface area contributed by atoms with Gasteiger partial charge in [0.25, 0.3) is 5.91 Å². The van der Waals surface area contributed by atoms with Gasteiger partial charge in [0.1, 0.15) is 12.0 Å². The molecule has 0 fully saturated rings. The van der Waals surface area contributed by atoms with Crippen molar-refractivity contribution in [3.05, 3.63) is 77.6 Å². The van der Waals surface area contributed by atoms with Crippen LogP contribution in [0.2, 0.25) is 0 Å². The number of nitrogens with zero attached hydrogens (tertiary/aromatic N) is 1. The van der Waals surface area contributed by atoms with Crippen molar-refractivity contribution in [2.75, 3.05) is 24.4 Å². The fourth-order valence-electron chi connectivity index (χ4n) is 3.43. The minimum atomic E-state index is -0.633. The van der Waals surface area contributed by atoms with Gasteiger partial charge < -0.3 is 19.9 Å². The predicted octanol–water partition coefficient (Wildman–Crippen LogP) is 4.32. The van der Waals surface area contributed by atoms with Crippen LogP contribution in [0.25, 0.3) is 0 Å². The molecule has 148 valence electrons. The third-order valence-electron chi connectivity index (χ3n) is 4.85. The highest BCUT2D eigenvalue weighted by Gasteiger charge is 2.35. The second-order valence-corrected chi connectivity index (χ2v) is 6.52. The van der Waals surface area contributed by atoms with Crippen molar-refractivity contribution >= 4 is 17.3 Å². The smallest absolute Gasteiger partial charge is 0.262 e. The van der Waals surface area contributed by atoms with E-state index in [1.807, 2.05) is 12.1 Å². The minimum Gasteiger partial charge on any atom is -0.502 e. The number of ether oxygens (including phenoxy) is 2. The lowest BCUT2D eigenvalue weighted by atomic mass is 10.0. The molecule has 0 aromatic heterocycles. The standard InChI is InChI=1S/C22H19FN2O4/c1-28-18-11-13(12-19(29-2)20(18)26)21-24-17-6-4-3-5-16(17)22(27)25(21)15-9-7-14(23)8-10-15/h3-12,21,24,26H,1-2H3/t21-/m1/s1. The molecule has 0 saturated carbocycles. The average Bonchev–Trinajstić information content (AvgIpc) is 2.75. The van der Waals surface area contributed by atoms with E-state index in [9.17, 15) is 14.3 Å². The number of anilines is 2. The van der Waals surface area contributed by atoms with Gasteiger partial charge in [-0.05, 0) is 48.5 Å². The first-order valence-electron chi connectivity index (χ1n) is 8.93. The number of amides is 1. The molecule has 1 aliphatic rings. The summed E-state index contributed by atoms with van der Waals surface area (Å²) in [6.45, 7) is 0. The van der Waals surface area contributed by atoms with Crippen molar-refractivity contribution in [3.63, 3.8) is 0 Å². The lowest BCUT2D eigenvalue weighted by Gasteiger charge is -2.38. The van der Waals surface area contributed by atoms with E-state index < -0.39 is 12.0 Å². The normalized spacial score (nSPS) is 15.5. The van der Waals surface area contributed by atoms with E-state index in [0.29, 0.717) is 22.5 Å². The number of para-hydroxylation sites is 1. The Labute approximate surface area is 167 Å². The first kappa shape index (κ1) is 18.6. The summed E-state index contributed by atoms with van der Waals surface area (Å²) in [6.07, 6.45) is -0.633. The molecular formula is C22H19FN2O4. The van der Waals surface area contributed by atoms with E-state index >= 15 is 0 Å². The Hall–Kier alpha value is -3.74. The maximum absolute atomic E-state index is 13.5. The molecule has 0 aliphatic carbocycles. The Morgan fingerprint density at radius 1 is 1.00 bits per heavy atom. The summed E-state index contributed by atoms with van der Waals surface area (Å²) in [5.41, 5.74) is 2.33. The zero-order valence-corrected chi connectivity index (χ0v) is 15.8. The first-order chi connectivity index (χ1) is 14.0. The maximum atomic E-state index is 13.5. The van der Waals surface area contributed by atoms with Crippen LogP contribution >= 0.6 is 0 Å². The third kappa shape index (κ3) is 3.20. The number of rotatable bonds is 4. The molecule has 1 aliphatic heterocycles. The van der Waals surface area contributed by atoms with Crippen molar-refractivity contribution in [2.45, 2.75) is 6.17 Å². The van der Waals surface area contributed by atoms with E-state index in [2.05, 4.69) is 5.32 Å². The van der Waals surface area contributed by atoms with E-state index in [-0.39, 0.29) is 23.2 Å². The van der Waals surface area contributed by atoms with Crippen LogP contribution in [0.15, 0.2) is 60.7 Å². The number of halogens is 1. The number of carbonyl (C=O) groups excluding carboxylic acids is 1. The zero-order valence-electron chi connectivity index (χ0n) is 15.8. The van der Waals surface area contributed by atoms with Crippen LogP contribution in [0.3, 0.4) is 0 Å². The van der Waals surface area contributed by atoms with Crippen LogP contribution in [0.5, 0.6) is 17.2 Å². The Kier molecular flexibility index (Phi) is 4.72. The van der Waals surface area contributed by atoms with Gasteiger partial charge in [0.05, 0.1) is 19.8 Å². The van der Waals surface area contributed by atoms with Crippen molar-refractivity contribution in [1.82, 2.24) is 0 Å². The van der Waals surface area contributed by atoms with Crippen LogP contribution in [-0.2, 0) is 0 Å². The second-order valence-electron chi connectivity index (χ2n) is 6.52. The molecule has 3 aromatic carbocycles. The summed E-state index contributed by atoms with van der Waals surface area (Å²) >= 11 is 0. The van der Waals surface area contributed by atoms with Gasteiger partial charge in [0.2, 0.25) is 5.75 Å². The fraction of sp³-hybridized carbons (Fsp3) is 0.136. The molecule has 0 saturated heterocycles. The molecular weight excluding hydrogens is 375 g/mol. The van der Waals surface area contributed by atoms with E-state index in [0.717, 1.165) is 0 Å². The number of methoxy groups -OCH3 is 2. The summed E-state index contributed by atoms with van der Waals surface area (Å²) in [6, 6.07) is 16.1. The van der Waals surface area contributed by atoms with Crippen molar-refractivity contribution in [2.24, 2.45) is 0 Å². The Bertz CT molecular complexity index is 1040. The van der Waals surface area contributed by atoms with E-state index in [1.165, 1.54) is 31.3 Å². The number of hydrogen-bond donors (Lipinski definition) is 2. The summed E-state index contributed by atoms with van der Waals surface area (Å²) in [7, 11) is 2.87. The van der Waals surface area contributed by atoms with Gasteiger partial charge in [-0.2, -0.15) is 0 Å². The molecule has 4 rings (SSSR count). The summed E-state index contributed by atoms with van der Waals surface area (Å²) < 4.78 is 24.0. The highest BCUT2D eigenvalue weighted by molar-refractivity contribution is 6.12. The molecule has 1 heterocycles. The number of fused-ring (bicyclic) bond motifs is 1. The molecule has 7 heteroatoms. The van der Waals surface area contributed by atoms with Crippen LogP contribution < -0.4 is 19.7 Å². The average molecular weight is 394 g/mol. The number of nitrogens with one attached hydrogen (secondary N) is 1. The van der Waals surface area contributed by atoms with Gasteiger partial charge in [-0.3, -0.25) is 9.69 Å². The van der Waals surface area contributed by atoms with Crippen LogP contribution in [0, 0.1) is 5.82 Å². The molecule has 3 aromatic rings. The fourth-order valence-corrected chi connectivity index (χ4v) is 3.43. The van der Waals surface area contributed by atoms with Crippen LogP contribution in [0.1, 0.15) is 22.1 Å². The Morgan fingerprint density at radius 2 is 1.62 bits per heavy atom. The lowest BCUT2D eigenvalue weighted by Crippen LogP contribution is -2.43. The Balaban J connectivity index is 1.89.